The molecule has 1 unspecified atom stereocenters. The van der Waals surface area contributed by atoms with Crippen molar-refractivity contribution >= 4 is 50.2 Å². The molecule has 1 N–H and O–H groups in total. The lowest BCUT2D eigenvalue weighted by atomic mass is 10.2. The number of halogens is 2. The first-order valence-electron chi connectivity index (χ1n) is 4.60. The number of aryl methyl sites for hydroxylation is 1. The Morgan fingerprint density at radius 2 is 2.38 bits per heavy atom. The summed E-state index contributed by atoms with van der Waals surface area (Å²) in [5.41, 5.74) is 0.927. The minimum atomic E-state index is -0.532. The van der Waals surface area contributed by atoms with Crippen molar-refractivity contribution in [1.29, 1.82) is 0 Å². The maximum Gasteiger partial charge on any atom is 0.107 e. The van der Waals surface area contributed by atoms with E-state index in [0.29, 0.717) is 10.8 Å². The van der Waals surface area contributed by atoms with Crippen molar-refractivity contribution in [2.75, 3.05) is 0 Å². The van der Waals surface area contributed by atoms with Crippen molar-refractivity contribution in [2.45, 2.75) is 19.4 Å². The first-order valence-corrected chi connectivity index (χ1v) is 7.47. The summed E-state index contributed by atoms with van der Waals surface area (Å²) in [5, 5.41) is 13.0. The van der Waals surface area contributed by atoms with Crippen molar-refractivity contribution < 1.29 is 5.11 Å². The molecule has 0 bridgehead atoms. The fourth-order valence-corrected chi connectivity index (χ4v) is 3.68. The number of hydrogen-bond acceptors (Lipinski definition) is 4. The topological polar surface area (TPSA) is 33.1 Å². The van der Waals surface area contributed by atoms with Crippen LogP contribution in [-0.4, -0.2) is 10.1 Å². The van der Waals surface area contributed by atoms with Crippen LogP contribution in [-0.2, 0) is 6.42 Å². The van der Waals surface area contributed by atoms with Crippen LogP contribution in [0.25, 0.3) is 0 Å². The van der Waals surface area contributed by atoms with E-state index in [1.165, 1.54) is 11.3 Å². The third kappa shape index (κ3) is 2.84. The van der Waals surface area contributed by atoms with Crippen LogP contribution in [0, 0.1) is 6.92 Å². The molecule has 0 saturated carbocycles. The predicted molar refractivity (Wildman–Crippen MR) is 72.5 cm³/mol. The number of nitrogens with zero attached hydrogens (tertiary/aromatic N) is 1. The lowest BCUT2D eigenvalue weighted by Gasteiger charge is -2.05. The Bertz CT molecular complexity index is 477. The molecule has 2 rings (SSSR count). The number of aromatic nitrogens is 1. The van der Waals surface area contributed by atoms with Crippen molar-refractivity contribution in [3.8, 4) is 0 Å². The van der Waals surface area contributed by atoms with Crippen LogP contribution >= 0.6 is 50.2 Å². The van der Waals surface area contributed by atoms with Crippen molar-refractivity contribution in [1.82, 2.24) is 4.98 Å². The van der Waals surface area contributed by atoms with Gasteiger partial charge in [0.15, 0.2) is 0 Å². The van der Waals surface area contributed by atoms with Gasteiger partial charge in [0, 0.05) is 21.2 Å². The van der Waals surface area contributed by atoms with Crippen LogP contribution in [0.15, 0.2) is 15.9 Å². The van der Waals surface area contributed by atoms with E-state index in [9.17, 15) is 5.11 Å². The number of aliphatic hydroxyl groups excluding tert-OH is 1. The van der Waals surface area contributed by atoms with E-state index in [-0.39, 0.29) is 0 Å². The number of thiophene rings is 1. The SMILES string of the molecule is Cc1nc(CC(O)c2cc(Br)c(Cl)s2)cs1. The fraction of sp³-hybridized carbons (Fsp3) is 0.300. The van der Waals surface area contributed by atoms with Gasteiger partial charge in [0.25, 0.3) is 0 Å². The van der Waals surface area contributed by atoms with Gasteiger partial charge in [-0.05, 0) is 28.9 Å². The Morgan fingerprint density at radius 1 is 1.62 bits per heavy atom. The molecule has 86 valence electrons. The zero-order valence-electron chi connectivity index (χ0n) is 8.41. The summed E-state index contributed by atoms with van der Waals surface area (Å²) in [5.74, 6) is 0. The molecule has 2 nitrogen and oxygen atoms in total. The molecule has 0 fully saturated rings. The van der Waals surface area contributed by atoms with E-state index in [1.54, 1.807) is 11.3 Å². The number of aliphatic hydroxyl groups is 1. The maximum atomic E-state index is 10.0. The van der Waals surface area contributed by atoms with Gasteiger partial charge in [-0.15, -0.1) is 22.7 Å². The average molecular weight is 339 g/mol. The van der Waals surface area contributed by atoms with Crippen molar-refractivity contribution in [3.05, 3.63) is 35.8 Å². The Hall–Kier alpha value is 0.0600. The number of rotatable bonds is 3. The molecule has 2 aromatic rings. The molecule has 6 heteroatoms. The number of hydrogen-bond donors (Lipinski definition) is 1. The second-order valence-electron chi connectivity index (χ2n) is 3.35. The van der Waals surface area contributed by atoms with Gasteiger partial charge in [0.2, 0.25) is 0 Å². The van der Waals surface area contributed by atoms with Gasteiger partial charge in [0.05, 0.1) is 16.8 Å². The van der Waals surface area contributed by atoms with Gasteiger partial charge in [0.1, 0.15) is 4.34 Å². The van der Waals surface area contributed by atoms with E-state index in [4.69, 9.17) is 11.6 Å². The van der Waals surface area contributed by atoms with E-state index < -0.39 is 6.10 Å². The Morgan fingerprint density at radius 3 is 2.88 bits per heavy atom. The first-order chi connectivity index (χ1) is 7.56. The van der Waals surface area contributed by atoms with Crippen molar-refractivity contribution in [3.63, 3.8) is 0 Å². The molecular formula is C10H9BrClNOS2. The van der Waals surface area contributed by atoms with E-state index in [1.807, 2.05) is 18.4 Å². The summed E-state index contributed by atoms with van der Waals surface area (Å²) in [6.45, 7) is 1.96. The fourth-order valence-electron chi connectivity index (χ4n) is 1.33. The molecule has 0 aliphatic heterocycles. The Labute approximate surface area is 115 Å². The standard InChI is InChI=1S/C10H9BrClNOS2/c1-5-13-6(4-15-5)2-8(14)9-3-7(11)10(12)16-9/h3-4,8,14H,2H2,1H3. The van der Waals surface area contributed by atoms with Gasteiger partial charge in [-0.2, -0.15) is 0 Å². The highest BCUT2D eigenvalue weighted by Gasteiger charge is 2.15. The molecule has 2 aromatic heterocycles. The zero-order valence-corrected chi connectivity index (χ0v) is 12.4. The van der Waals surface area contributed by atoms with Crippen LogP contribution < -0.4 is 0 Å². The minimum Gasteiger partial charge on any atom is -0.387 e. The second-order valence-corrected chi connectivity index (χ2v) is 6.95. The van der Waals surface area contributed by atoms with Crippen LogP contribution in [0.2, 0.25) is 4.34 Å². The lowest BCUT2D eigenvalue weighted by molar-refractivity contribution is 0.181. The molecule has 0 spiro atoms. The van der Waals surface area contributed by atoms with Crippen LogP contribution in [0.5, 0.6) is 0 Å². The largest absolute Gasteiger partial charge is 0.387 e. The summed E-state index contributed by atoms with van der Waals surface area (Å²) >= 11 is 12.2. The van der Waals surface area contributed by atoms with Gasteiger partial charge < -0.3 is 5.11 Å². The molecule has 0 saturated heterocycles. The summed E-state index contributed by atoms with van der Waals surface area (Å²) in [6, 6.07) is 1.86. The maximum absolute atomic E-state index is 10.0. The summed E-state index contributed by atoms with van der Waals surface area (Å²) < 4.78 is 1.51. The van der Waals surface area contributed by atoms with Gasteiger partial charge in [-0.25, -0.2) is 4.98 Å². The van der Waals surface area contributed by atoms with E-state index in [2.05, 4.69) is 20.9 Å². The lowest BCUT2D eigenvalue weighted by Crippen LogP contribution is -1.99. The van der Waals surface area contributed by atoms with E-state index >= 15 is 0 Å². The quantitative estimate of drug-likeness (QED) is 0.909. The zero-order chi connectivity index (χ0) is 11.7. The van der Waals surface area contributed by atoms with Crippen LogP contribution in [0.1, 0.15) is 21.7 Å². The summed E-state index contributed by atoms with van der Waals surface area (Å²) in [6.07, 6.45) is 0.00321. The van der Waals surface area contributed by atoms with Gasteiger partial charge in [-0.1, -0.05) is 11.6 Å². The monoisotopic (exact) mass is 337 g/mol. The van der Waals surface area contributed by atoms with Crippen molar-refractivity contribution in [2.24, 2.45) is 0 Å². The molecule has 1 atom stereocenters. The summed E-state index contributed by atoms with van der Waals surface area (Å²) in [7, 11) is 0. The van der Waals surface area contributed by atoms with E-state index in [0.717, 1.165) is 20.1 Å². The van der Waals surface area contributed by atoms with Gasteiger partial charge >= 0.3 is 0 Å². The third-order valence-electron chi connectivity index (χ3n) is 2.06. The van der Waals surface area contributed by atoms with Gasteiger partial charge in [-0.3, -0.25) is 0 Å². The Kier molecular flexibility index (Phi) is 4.02. The Balaban J connectivity index is 2.11. The third-order valence-corrected chi connectivity index (χ3v) is 5.46. The van der Waals surface area contributed by atoms with Crippen LogP contribution in [0.3, 0.4) is 0 Å². The normalized spacial score (nSPS) is 13.0. The second kappa shape index (κ2) is 5.14. The predicted octanol–water partition coefficient (Wildman–Crippen LogP) is 4.21. The molecular weight excluding hydrogens is 330 g/mol. The molecule has 0 aliphatic rings. The highest BCUT2D eigenvalue weighted by atomic mass is 79.9. The summed E-state index contributed by atoms with van der Waals surface area (Å²) in [4.78, 5) is 5.19. The molecule has 16 heavy (non-hydrogen) atoms. The molecule has 2 heterocycles. The first kappa shape index (κ1) is 12.5. The number of thiazole rings is 1. The molecule has 0 aliphatic carbocycles. The highest BCUT2D eigenvalue weighted by molar-refractivity contribution is 9.10. The van der Waals surface area contributed by atoms with Crippen LogP contribution in [0.4, 0.5) is 0 Å². The molecule has 0 amide bonds. The highest BCUT2D eigenvalue weighted by Crippen LogP contribution is 2.36. The molecule has 0 radical (unpaired) electrons. The molecule has 0 aromatic carbocycles. The minimum absolute atomic E-state index is 0.532. The average Bonchev–Trinajstić information content (AvgIpc) is 2.75. The smallest absolute Gasteiger partial charge is 0.107 e.